The Morgan fingerprint density at radius 2 is 1.24 bits per heavy atom. The van der Waals surface area contributed by atoms with Crippen LogP contribution in [0.5, 0.6) is 51.7 Å². The van der Waals surface area contributed by atoms with Crippen LogP contribution in [0.25, 0.3) is 11.1 Å². The van der Waals surface area contributed by atoms with Crippen molar-refractivity contribution in [1.29, 1.82) is 0 Å². The maximum absolute atomic E-state index is 16.8. The summed E-state index contributed by atoms with van der Waals surface area (Å²) in [7, 11) is 1.28. The Labute approximate surface area is 742 Å². The van der Waals surface area contributed by atoms with Crippen LogP contribution in [0.15, 0.2) is 103 Å². The zero-order valence-electron chi connectivity index (χ0n) is 71.7. The molecule has 8 amide bonds. The summed E-state index contributed by atoms with van der Waals surface area (Å²) in [5.74, 6) is -17.3. The van der Waals surface area contributed by atoms with Crippen molar-refractivity contribution in [3.63, 3.8) is 0 Å². The molecule has 4 saturated carbocycles. The highest BCUT2D eigenvalue weighted by molar-refractivity contribution is 6.32. The molecule has 6 heterocycles. The van der Waals surface area contributed by atoms with Crippen molar-refractivity contribution < 1.29 is 127 Å². The lowest BCUT2D eigenvalue weighted by Crippen LogP contribution is -2.59. The number of nitrogens with one attached hydrogen (secondary N) is 6. The second-order valence-corrected chi connectivity index (χ2v) is 37.2. The molecular formula is C92H107Cl2N7O26. The number of likely N-dealkylation sites (N-methyl/N-ethyl adjacent to an activating group) is 1. The molecule has 0 radical (unpaired) electrons. The number of phenols is 3. The number of imide groups is 1. The molecule has 1 unspecified atom stereocenters. The molecule has 5 fully saturated rings. The van der Waals surface area contributed by atoms with Gasteiger partial charge in [0.2, 0.25) is 41.6 Å². The van der Waals surface area contributed by atoms with Gasteiger partial charge in [0.1, 0.15) is 106 Å². The fourth-order valence-electron chi connectivity index (χ4n) is 18.4. The monoisotopic (exact) mass is 1800 g/mol. The number of aliphatic hydroxyl groups excluding tert-OH is 5. The predicted molar refractivity (Wildman–Crippen MR) is 457 cm³/mol. The maximum atomic E-state index is 16.8. The molecule has 0 aromatic heterocycles. The first-order chi connectivity index (χ1) is 59.9. The van der Waals surface area contributed by atoms with E-state index in [1.807, 2.05) is 0 Å². The number of benzene rings is 6. The van der Waals surface area contributed by atoms with Crippen LogP contribution in [0.1, 0.15) is 197 Å². The lowest BCUT2D eigenvalue weighted by molar-refractivity contribution is -0.273. The molecule has 10 aliphatic rings. The van der Waals surface area contributed by atoms with E-state index in [2.05, 4.69) is 31.9 Å². The number of nitrogens with zero attached hydrogens (tertiary/aromatic N) is 1. The number of hydrogen-bond acceptors (Lipinski definition) is 26. The van der Waals surface area contributed by atoms with E-state index < -0.39 is 237 Å². The third-order valence-electron chi connectivity index (χ3n) is 24.2. The van der Waals surface area contributed by atoms with Gasteiger partial charge in [-0.25, -0.2) is 9.59 Å². The van der Waals surface area contributed by atoms with Crippen molar-refractivity contribution in [3.05, 3.63) is 141 Å². The van der Waals surface area contributed by atoms with Gasteiger partial charge in [-0.3, -0.25) is 53.4 Å². The molecule has 33 nitrogen and oxygen atoms in total. The van der Waals surface area contributed by atoms with Crippen LogP contribution in [0, 0.1) is 41.4 Å². The highest BCUT2D eigenvalue weighted by Crippen LogP contribution is 2.58. The molecule has 1 saturated heterocycles. The van der Waals surface area contributed by atoms with Gasteiger partial charge in [0.05, 0.1) is 34.6 Å². The zero-order valence-corrected chi connectivity index (χ0v) is 73.2. The Hall–Kier alpha value is -11.2. The quantitative estimate of drug-likeness (QED) is 0.0355. The molecule has 680 valence electrons. The minimum Gasteiger partial charge on any atom is -0.508 e. The normalized spacial score (nSPS) is 26.6. The summed E-state index contributed by atoms with van der Waals surface area (Å²) in [6.45, 7) is 15.2. The van der Waals surface area contributed by atoms with Crippen LogP contribution in [0.3, 0.4) is 0 Å². The number of carbonyl (C=O) groups is 11. The van der Waals surface area contributed by atoms with Crippen LogP contribution in [-0.4, -0.2) is 184 Å². The fourth-order valence-corrected chi connectivity index (χ4v) is 18.9. The maximum Gasteiger partial charge on any atom is 0.410 e. The van der Waals surface area contributed by atoms with E-state index in [0.29, 0.717) is 24.2 Å². The molecule has 6 aromatic rings. The molecule has 15 bridgehead atoms. The number of aliphatic hydroxyl groups is 5. The van der Waals surface area contributed by atoms with Gasteiger partial charge in [-0.15, -0.1) is 0 Å². The number of hydrogen-bond donors (Lipinski definition) is 14. The Morgan fingerprint density at radius 1 is 0.630 bits per heavy atom. The number of fused-ring (bicyclic) bond motifs is 15. The van der Waals surface area contributed by atoms with E-state index in [0.717, 1.165) is 79.5 Å². The van der Waals surface area contributed by atoms with Gasteiger partial charge in [-0.1, -0.05) is 55.2 Å². The molecule has 35 heteroatoms. The van der Waals surface area contributed by atoms with Gasteiger partial charge < -0.3 is 101 Å². The largest absolute Gasteiger partial charge is 0.508 e. The lowest BCUT2D eigenvalue weighted by Gasteiger charge is -2.54. The first kappa shape index (κ1) is 93.5. The minimum atomic E-state index is -2.30. The smallest absolute Gasteiger partial charge is 0.410 e. The van der Waals surface area contributed by atoms with Gasteiger partial charge in [0, 0.05) is 62.0 Å². The summed E-state index contributed by atoms with van der Waals surface area (Å²) in [4.78, 5) is 168. The number of phenolic OH excluding ortho intramolecular Hbond substituents is 3. The third kappa shape index (κ3) is 21.7. The minimum absolute atomic E-state index is 0.0715. The first-order valence-electron chi connectivity index (χ1n) is 42.5. The standard InChI is InChI=1S/C92H107Cl2N7O26/c1-11-121-53-17-15-51(16-18-53)95-89(119)96-71(108)36-50-33-63(105)76(99-86(117)60(24-41(2)3)101(10)90(120)127-92(7,8)9)78(110)45-13-20-66(58(93)31-45)122-69-34-49-35-70(83(69)125-88-82(114)81(113)80(112)68(124-88)22-23-72(109)126-91(4,5)6)123-67-21-14-46(32-59(67)94)79(111)77-87(118)98-75(65(107)39-54-47-26-42-25-43(28-47)29-48(54)27-42)57-37-52(102)38-62(104)73(57)56-30-44(12-19-61(56)103)55(85(116)100-77)40-64(106)74(49)97-84(50)115/h12-21,30-32,34-35,37-38,41-43,47-48,50,54-55,60,68,74-82,88,102-104,110-114H,11,22-29,33,36,39-40H2,1-10H3,(H,97,115)(H,98,118)(H,99,117)(H,100,116)(H2,95,96,108,119)/t42?,43?,47?,48?,50-,54?,55+,60+,68+,74?,75-,76-,77-,78+,79+,80+,81-,82+,88-/m0/s1. The molecule has 127 heavy (non-hydrogen) atoms. The molecule has 14 N–H and O–H groups in total. The summed E-state index contributed by atoms with van der Waals surface area (Å²) in [5.41, 5.74) is -3.80. The van der Waals surface area contributed by atoms with Crippen LogP contribution < -0.4 is 50.8 Å². The Balaban J connectivity index is 1.00. The van der Waals surface area contributed by atoms with Crippen LogP contribution in [0.4, 0.5) is 15.3 Å². The van der Waals surface area contributed by atoms with Crippen LogP contribution >= 0.6 is 23.2 Å². The number of Topliss-reactive ketones (excluding diaryl/α,β-unsaturated/α-hetero) is 3. The number of ether oxygens (including phenoxy) is 7. The molecular weight excluding hydrogens is 1690 g/mol. The zero-order chi connectivity index (χ0) is 91.9. The molecule has 16 rings (SSSR count). The van der Waals surface area contributed by atoms with E-state index in [4.69, 9.17) is 56.4 Å². The van der Waals surface area contributed by atoms with E-state index in [1.54, 1.807) is 62.3 Å². The second-order valence-electron chi connectivity index (χ2n) is 36.4. The summed E-state index contributed by atoms with van der Waals surface area (Å²) in [6, 6.07) is 9.73. The van der Waals surface area contributed by atoms with Gasteiger partial charge in [0.25, 0.3) is 0 Å². The lowest BCUT2D eigenvalue weighted by atomic mass is 9.51. The van der Waals surface area contributed by atoms with Crippen molar-refractivity contribution in [1.82, 2.24) is 31.5 Å². The predicted octanol–water partition coefficient (Wildman–Crippen LogP) is 10.8. The Kier molecular flexibility index (Phi) is 28.3. The number of aromatic hydroxyl groups is 3. The van der Waals surface area contributed by atoms with Gasteiger partial charge >= 0.3 is 18.1 Å². The summed E-state index contributed by atoms with van der Waals surface area (Å²) < 4.78 is 43.0. The molecule has 4 aliphatic carbocycles. The van der Waals surface area contributed by atoms with E-state index in [9.17, 15) is 60.0 Å². The van der Waals surface area contributed by atoms with Crippen molar-refractivity contribution in [2.24, 2.45) is 41.4 Å². The van der Waals surface area contributed by atoms with Crippen molar-refractivity contribution in [3.8, 4) is 62.9 Å². The van der Waals surface area contributed by atoms with Crippen molar-refractivity contribution in [2.75, 3.05) is 19.0 Å². The van der Waals surface area contributed by atoms with E-state index in [1.165, 1.54) is 67.7 Å². The molecule has 0 spiro atoms. The van der Waals surface area contributed by atoms with E-state index in [-0.39, 0.29) is 93.5 Å². The number of halogens is 2. The van der Waals surface area contributed by atoms with Crippen molar-refractivity contribution in [2.45, 2.75) is 230 Å². The van der Waals surface area contributed by atoms with Gasteiger partial charge in [-0.2, -0.15) is 0 Å². The summed E-state index contributed by atoms with van der Waals surface area (Å²) in [6.07, 6.45) is -14.9. The Bertz CT molecular complexity index is 5220. The number of rotatable bonds is 18. The first-order valence-corrected chi connectivity index (χ1v) is 43.3. The number of amides is 8. The third-order valence-corrected chi connectivity index (χ3v) is 24.8. The Morgan fingerprint density at radius 3 is 1.84 bits per heavy atom. The van der Waals surface area contributed by atoms with Gasteiger partial charge in [-0.05, 0) is 236 Å². The number of urea groups is 1. The SMILES string of the molecule is CCOc1ccc(NC(=O)NC(=O)C[C@@H]2CC(=O)[C@H](NC(=O)[C@@H](CC(C)C)N(C)C(=O)OC(C)(C)C)[C@H](O)c3ccc(c(Cl)c3)Oc3cc4cc(c3O[C@@H]3O[C@H](CCC(=O)OC(C)(C)C)[C@@H](O)[C@H](O)[C@H]3O)Oc3ccc(cc3Cl)[C@@H](O)[C@@H]3NC(=O)[C@H](CC(=O)C4NC2=O)c2ccc(O)c(c2)-c2c(O)cc(O)cc2[C@@H](C(=O)CC2C4CC5CC(C4)CC2C5)NC3=O)cc1. The van der Waals surface area contributed by atoms with E-state index >= 15 is 33.6 Å². The van der Waals surface area contributed by atoms with Crippen molar-refractivity contribution >= 4 is 93.9 Å². The number of esters is 1. The molecule has 14 atom stereocenters. The van der Waals surface area contributed by atoms with Crippen LogP contribution in [-0.2, 0) is 57.4 Å². The summed E-state index contributed by atoms with van der Waals surface area (Å²) >= 11 is 14.5. The number of anilines is 1. The average Bonchev–Trinajstić information content (AvgIpc) is 0.757. The summed E-state index contributed by atoms with van der Waals surface area (Å²) in [5, 5.41) is 111. The molecule has 6 aliphatic heterocycles. The second kappa shape index (κ2) is 38.4. The highest BCUT2D eigenvalue weighted by atomic mass is 35.5. The fraction of sp³-hybridized carbons (Fsp3) is 0.489. The van der Waals surface area contributed by atoms with Crippen LogP contribution in [0.2, 0.25) is 10.0 Å². The highest BCUT2D eigenvalue weighted by Gasteiger charge is 2.52. The molecule has 6 aromatic carbocycles. The average molecular weight is 1800 g/mol. The topological polar surface area (TPSA) is 490 Å². The van der Waals surface area contributed by atoms with Gasteiger partial charge in [0.15, 0.2) is 28.8 Å². The number of ketones is 3. The number of carbonyl (C=O) groups excluding carboxylic acids is 11.